The van der Waals surface area contributed by atoms with Crippen LogP contribution >= 0.6 is 11.8 Å². The molecule has 0 radical (unpaired) electrons. The Hall–Kier alpha value is -1.00. The van der Waals surface area contributed by atoms with Crippen molar-refractivity contribution in [3.8, 4) is 0 Å². The van der Waals surface area contributed by atoms with Crippen LogP contribution in [-0.4, -0.2) is 30.9 Å². The van der Waals surface area contributed by atoms with E-state index in [1.54, 1.807) is 0 Å². The number of fused-ring (bicyclic) bond motifs is 1. The molecule has 3 rings (SSSR count). The van der Waals surface area contributed by atoms with Gasteiger partial charge >= 0.3 is 0 Å². The summed E-state index contributed by atoms with van der Waals surface area (Å²) in [6.45, 7) is 1.43. The van der Waals surface area contributed by atoms with Gasteiger partial charge < -0.3 is 10.1 Å². The largest absolute Gasteiger partial charge is 0.368 e. The van der Waals surface area contributed by atoms with Crippen molar-refractivity contribution in [3.63, 3.8) is 0 Å². The van der Waals surface area contributed by atoms with E-state index in [0.29, 0.717) is 11.8 Å². The third-order valence-corrected chi connectivity index (χ3v) is 5.04. The fourth-order valence-electron chi connectivity index (χ4n) is 2.74. The highest BCUT2D eigenvalue weighted by molar-refractivity contribution is 7.99. The lowest BCUT2D eigenvalue weighted by atomic mass is 10.0. The lowest BCUT2D eigenvalue weighted by Crippen LogP contribution is -2.36. The van der Waals surface area contributed by atoms with Crippen LogP contribution in [-0.2, 0) is 16.0 Å². The van der Waals surface area contributed by atoms with Gasteiger partial charge in [0.15, 0.2) is 0 Å². The summed E-state index contributed by atoms with van der Waals surface area (Å²) >= 11 is 1.93. The first-order valence-corrected chi connectivity index (χ1v) is 7.98. The second kappa shape index (κ2) is 5.97. The molecule has 0 spiro atoms. The number of benzene rings is 1. The van der Waals surface area contributed by atoms with Crippen LogP contribution in [0, 0.1) is 0 Å². The average Bonchev–Trinajstić information content (AvgIpc) is 2.99. The van der Waals surface area contributed by atoms with E-state index in [1.165, 1.54) is 11.1 Å². The van der Waals surface area contributed by atoms with Crippen LogP contribution < -0.4 is 5.32 Å². The molecule has 4 heteroatoms. The number of thioether (sulfide) groups is 1. The van der Waals surface area contributed by atoms with Crippen LogP contribution in [0.3, 0.4) is 0 Å². The molecule has 0 bridgehead atoms. The monoisotopic (exact) mass is 277 g/mol. The molecule has 0 aromatic heterocycles. The van der Waals surface area contributed by atoms with E-state index in [9.17, 15) is 4.79 Å². The Labute approximate surface area is 118 Å². The minimum atomic E-state index is -0.219. The van der Waals surface area contributed by atoms with Crippen LogP contribution in [0.1, 0.15) is 29.2 Å². The van der Waals surface area contributed by atoms with Crippen molar-refractivity contribution in [1.29, 1.82) is 0 Å². The predicted molar refractivity (Wildman–Crippen MR) is 77.3 cm³/mol. The first kappa shape index (κ1) is 13.0. The number of amides is 1. The summed E-state index contributed by atoms with van der Waals surface area (Å²) in [5.74, 6) is 1.19. The number of carbonyl (C=O) groups excluding carboxylic acids is 1. The standard InChI is InChI=1S/C15H19NO2S/c17-15(13-6-3-8-18-13)16-10-14-12-5-2-1-4-11(12)7-9-19-14/h1-2,4-5,13-14H,3,6-10H2,(H,16,17). The average molecular weight is 277 g/mol. The summed E-state index contributed by atoms with van der Waals surface area (Å²) in [5, 5.41) is 3.43. The lowest BCUT2D eigenvalue weighted by molar-refractivity contribution is -0.130. The van der Waals surface area contributed by atoms with Crippen molar-refractivity contribution in [1.82, 2.24) is 5.32 Å². The molecule has 0 aliphatic carbocycles. The molecule has 102 valence electrons. The zero-order chi connectivity index (χ0) is 13.1. The molecule has 1 saturated heterocycles. The third-order valence-electron chi connectivity index (χ3n) is 3.78. The number of carbonyl (C=O) groups is 1. The molecule has 3 nitrogen and oxygen atoms in total. The Morgan fingerprint density at radius 3 is 3.16 bits per heavy atom. The maximum absolute atomic E-state index is 12.0. The molecular weight excluding hydrogens is 258 g/mol. The number of hydrogen-bond donors (Lipinski definition) is 1. The van der Waals surface area contributed by atoms with Crippen molar-refractivity contribution in [3.05, 3.63) is 35.4 Å². The van der Waals surface area contributed by atoms with E-state index >= 15 is 0 Å². The molecule has 2 aliphatic heterocycles. The minimum Gasteiger partial charge on any atom is -0.368 e. The quantitative estimate of drug-likeness (QED) is 0.921. The van der Waals surface area contributed by atoms with Crippen LogP contribution in [0.2, 0.25) is 0 Å². The Bertz CT molecular complexity index is 457. The smallest absolute Gasteiger partial charge is 0.249 e. The number of ether oxygens (including phenoxy) is 1. The normalized spacial score (nSPS) is 25.9. The molecule has 2 heterocycles. The predicted octanol–water partition coefficient (Wildman–Crippen LogP) is 2.31. The molecule has 0 saturated carbocycles. The molecule has 1 N–H and O–H groups in total. The topological polar surface area (TPSA) is 38.3 Å². The summed E-state index contributed by atoms with van der Waals surface area (Å²) in [5.41, 5.74) is 2.81. The first-order valence-electron chi connectivity index (χ1n) is 6.93. The van der Waals surface area contributed by atoms with Crippen LogP contribution in [0.4, 0.5) is 0 Å². The Balaban J connectivity index is 1.60. The number of hydrogen-bond acceptors (Lipinski definition) is 3. The molecule has 2 atom stereocenters. The molecule has 1 aromatic carbocycles. The summed E-state index contributed by atoms with van der Waals surface area (Å²) in [6, 6.07) is 8.56. The van der Waals surface area contributed by atoms with Crippen LogP contribution in [0.25, 0.3) is 0 Å². The summed E-state index contributed by atoms with van der Waals surface area (Å²) in [4.78, 5) is 12.0. The summed E-state index contributed by atoms with van der Waals surface area (Å²) in [7, 11) is 0. The lowest BCUT2D eigenvalue weighted by Gasteiger charge is -2.25. The van der Waals surface area contributed by atoms with Gasteiger partial charge in [-0.1, -0.05) is 24.3 Å². The highest BCUT2D eigenvalue weighted by Gasteiger charge is 2.25. The van der Waals surface area contributed by atoms with Crippen molar-refractivity contribution < 1.29 is 9.53 Å². The maximum Gasteiger partial charge on any atom is 0.249 e. The van der Waals surface area contributed by atoms with Gasteiger partial charge in [-0.15, -0.1) is 0 Å². The zero-order valence-corrected chi connectivity index (χ0v) is 11.7. The number of nitrogens with one attached hydrogen (secondary N) is 1. The van der Waals surface area contributed by atoms with E-state index in [-0.39, 0.29) is 12.0 Å². The van der Waals surface area contributed by atoms with Gasteiger partial charge in [0.25, 0.3) is 0 Å². The molecule has 1 fully saturated rings. The number of aryl methyl sites for hydroxylation is 1. The SMILES string of the molecule is O=C(NCC1SCCc2ccccc21)C1CCCO1. The van der Waals surface area contributed by atoms with Gasteiger partial charge in [-0.25, -0.2) is 0 Å². The molecule has 1 aromatic rings. The van der Waals surface area contributed by atoms with Gasteiger partial charge in [0.1, 0.15) is 6.10 Å². The fourth-order valence-corrected chi connectivity index (χ4v) is 3.97. The van der Waals surface area contributed by atoms with Crippen molar-refractivity contribution in [2.75, 3.05) is 18.9 Å². The maximum atomic E-state index is 12.0. The van der Waals surface area contributed by atoms with Crippen LogP contribution in [0.5, 0.6) is 0 Å². The van der Waals surface area contributed by atoms with Crippen molar-refractivity contribution in [2.24, 2.45) is 0 Å². The van der Waals surface area contributed by atoms with E-state index in [4.69, 9.17) is 4.74 Å². The van der Waals surface area contributed by atoms with Gasteiger partial charge in [-0.2, -0.15) is 11.8 Å². The van der Waals surface area contributed by atoms with Gasteiger partial charge in [-0.05, 0) is 36.1 Å². The van der Waals surface area contributed by atoms with Gasteiger partial charge in [0.2, 0.25) is 5.91 Å². The van der Waals surface area contributed by atoms with E-state index < -0.39 is 0 Å². The van der Waals surface area contributed by atoms with E-state index in [1.807, 2.05) is 11.8 Å². The zero-order valence-electron chi connectivity index (χ0n) is 10.9. The van der Waals surface area contributed by atoms with Gasteiger partial charge in [0.05, 0.1) is 0 Å². The van der Waals surface area contributed by atoms with Gasteiger partial charge in [-0.3, -0.25) is 4.79 Å². The second-order valence-corrected chi connectivity index (χ2v) is 6.37. The Morgan fingerprint density at radius 2 is 2.32 bits per heavy atom. The highest BCUT2D eigenvalue weighted by atomic mass is 32.2. The van der Waals surface area contributed by atoms with E-state index in [2.05, 4.69) is 29.6 Å². The van der Waals surface area contributed by atoms with E-state index in [0.717, 1.165) is 31.6 Å². The molecule has 19 heavy (non-hydrogen) atoms. The molecule has 2 unspecified atom stereocenters. The van der Waals surface area contributed by atoms with Crippen LogP contribution in [0.15, 0.2) is 24.3 Å². The fraction of sp³-hybridized carbons (Fsp3) is 0.533. The second-order valence-electron chi connectivity index (χ2n) is 5.06. The molecular formula is C15H19NO2S. The Kier molecular flexibility index (Phi) is 4.09. The molecule has 1 amide bonds. The third kappa shape index (κ3) is 2.95. The minimum absolute atomic E-state index is 0.0566. The van der Waals surface area contributed by atoms with Crippen molar-refractivity contribution in [2.45, 2.75) is 30.6 Å². The first-order chi connectivity index (χ1) is 9.34. The summed E-state index contributed by atoms with van der Waals surface area (Å²) in [6.07, 6.45) is 2.78. The van der Waals surface area contributed by atoms with Gasteiger partial charge in [0, 0.05) is 18.4 Å². The van der Waals surface area contributed by atoms with Crippen molar-refractivity contribution >= 4 is 17.7 Å². The number of rotatable bonds is 3. The highest BCUT2D eigenvalue weighted by Crippen LogP contribution is 2.35. The Morgan fingerprint density at radius 1 is 1.42 bits per heavy atom. The molecule has 2 aliphatic rings. The summed E-state index contributed by atoms with van der Waals surface area (Å²) < 4.78 is 5.41.